The Morgan fingerprint density at radius 2 is 1.96 bits per heavy atom. The van der Waals surface area contributed by atoms with Crippen LogP contribution in [0.2, 0.25) is 0 Å². The first-order valence-electron chi connectivity index (χ1n) is 9.01. The second kappa shape index (κ2) is 8.89. The third kappa shape index (κ3) is 4.67. The summed E-state index contributed by atoms with van der Waals surface area (Å²) >= 11 is 0. The van der Waals surface area contributed by atoms with Crippen molar-refractivity contribution in [3.63, 3.8) is 0 Å². The predicted molar refractivity (Wildman–Crippen MR) is 107 cm³/mol. The third-order valence-electron chi connectivity index (χ3n) is 4.22. The lowest BCUT2D eigenvalue weighted by atomic mass is 10.1. The van der Waals surface area contributed by atoms with Gasteiger partial charge in [-0.25, -0.2) is 4.79 Å². The Kier molecular flexibility index (Phi) is 6.10. The number of carbonyl (C=O) groups excluding carboxylic acids is 1. The molecular weight excluding hydrogens is 340 g/mol. The summed E-state index contributed by atoms with van der Waals surface area (Å²) in [6.07, 6.45) is 1.74. The fourth-order valence-electron chi connectivity index (χ4n) is 2.86. The van der Waals surface area contributed by atoms with Crippen LogP contribution in [-0.2, 0) is 13.0 Å². The second-order valence-corrected chi connectivity index (χ2v) is 6.20. The van der Waals surface area contributed by atoms with Gasteiger partial charge in [-0.15, -0.1) is 0 Å². The summed E-state index contributed by atoms with van der Waals surface area (Å²) in [5.41, 5.74) is 4.24. The van der Waals surface area contributed by atoms with Crippen molar-refractivity contribution in [2.75, 3.05) is 12.4 Å². The number of H-pyrrole nitrogens is 1. The summed E-state index contributed by atoms with van der Waals surface area (Å²) in [6.45, 7) is 2.55. The van der Waals surface area contributed by atoms with Gasteiger partial charge in [0.25, 0.3) is 0 Å². The number of aryl methyl sites for hydroxylation is 1. The molecule has 0 atom stereocenters. The summed E-state index contributed by atoms with van der Waals surface area (Å²) < 4.78 is 5.30. The van der Waals surface area contributed by atoms with Crippen molar-refractivity contribution < 1.29 is 9.53 Å². The molecule has 3 N–H and O–H groups in total. The number of hydrogen-bond acceptors (Lipinski definition) is 3. The lowest BCUT2D eigenvalue weighted by Crippen LogP contribution is -2.28. The van der Waals surface area contributed by atoms with Crippen LogP contribution in [0.5, 0.6) is 5.75 Å². The van der Waals surface area contributed by atoms with E-state index in [-0.39, 0.29) is 6.03 Å². The Balaban J connectivity index is 1.80. The number of carbonyl (C=O) groups is 1. The van der Waals surface area contributed by atoms with Gasteiger partial charge >= 0.3 is 6.03 Å². The minimum absolute atomic E-state index is 0.262. The fraction of sp³-hybridized carbons (Fsp3) is 0.238. The molecule has 1 aromatic heterocycles. The molecule has 140 valence electrons. The highest BCUT2D eigenvalue weighted by Gasteiger charge is 2.17. The van der Waals surface area contributed by atoms with Gasteiger partial charge in [0.1, 0.15) is 11.4 Å². The van der Waals surface area contributed by atoms with E-state index in [1.54, 1.807) is 7.11 Å². The van der Waals surface area contributed by atoms with Gasteiger partial charge in [0.2, 0.25) is 0 Å². The highest BCUT2D eigenvalue weighted by atomic mass is 16.5. The maximum atomic E-state index is 12.5. The number of aromatic amines is 1. The first-order chi connectivity index (χ1) is 13.2. The number of benzene rings is 2. The number of urea groups is 1. The number of nitrogens with zero attached hydrogens (tertiary/aromatic N) is 1. The lowest BCUT2D eigenvalue weighted by molar-refractivity contribution is 0.251. The van der Waals surface area contributed by atoms with Gasteiger partial charge in [-0.05, 0) is 24.1 Å². The van der Waals surface area contributed by atoms with E-state index in [4.69, 9.17) is 4.74 Å². The van der Waals surface area contributed by atoms with Crippen LogP contribution in [0.25, 0.3) is 11.3 Å². The van der Waals surface area contributed by atoms with E-state index in [0.717, 1.165) is 35.4 Å². The molecule has 3 rings (SSSR count). The summed E-state index contributed by atoms with van der Waals surface area (Å²) in [5, 5.41) is 13.3. The number of methoxy groups -OCH3 is 1. The van der Waals surface area contributed by atoms with Crippen molar-refractivity contribution in [1.82, 2.24) is 15.5 Å². The van der Waals surface area contributed by atoms with Crippen LogP contribution in [0.3, 0.4) is 0 Å². The number of aromatic nitrogens is 2. The zero-order valence-corrected chi connectivity index (χ0v) is 15.6. The van der Waals surface area contributed by atoms with Crippen LogP contribution in [-0.4, -0.2) is 23.3 Å². The molecule has 0 unspecified atom stereocenters. The van der Waals surface area contributed by atoms with Crippen molar-refractivity contribution in [3.8, 4) is 17.0 Å². The van der Waals surface area contributed by atoms with Crippen molar-refractivity contribution >= 4 is 11.7 Å². The quantitative estimate of drug-likeness (QED) is 0.583. The number of nitrogens with one attached hydrogen (secondary N) is 3. The molecule has 0 bridgehead atoms. The standard InChI is InChI=1S/C21H24N4O2/c1-3-8-18-20(23-21(26)22-14-15-9-5-4-6-10-15)19(25-24-18)16-11-7-12-17(13-16)27-2/h4-7,9-13H,3,8,14H2,1-2H3,(H,24,25)(H2,22,23,26). The zero-order valence-electron chi connectivity index (χ0n) is 15.6. The largest absolute Gasteiger partial charge is 0.497 e. The first-order valence-corrected chi connectivity index (χ1v) is 9.01. The molecule has 27 heavy (non-hydrogen) atoms. The summed E-state index contributed by atoms with van der Waals surface area (Å²) in [4.78, 5) is 12.5. The molecule has 0 aliphatic carbocycles. The van der Waals surface area contributed by atoms with Crippen LogP contribution in [0.15, 0.2) is 54.6 Å². The van der Waals surface area contributed by atoms with E-state index in [1.165, 1.54) is 0 Å². The van der Waals surface area contributed by atoms with Crippen LogP contribution in [0.1, 0.15) is 24.6 Å². The Labute approximate surface area is 159 Å². The molecule has 0 saturated heterocycles. The highest BCUT2D eigenvalue weighted by Crippen LogP contribution is 2.31. The lowest BCUT2D eigenvalue weighted by Gasteiger charge is -2.10. The van der Waals surface area contributed by atoms with Gasteiger partial charge < -0.3 is 15.4 Å². The molecule has 6 nitrogen and oxygen atoms in total. The van der Waals surface area contributed by atoms with Crippen molar-refractivity contribution in [3.05, 3.63) is 65.9 Å². The molecule has 0 saturated carbocycles. The molecule has 2 aromatic carbocycles. The minimum atomic E-state index is -0.262. The molecule has 0 spiro atoms. The maximum absolute atomic E-state index is 12.5. The van der Waals surface area contributed by atoms with Crippen molar-refractivity contribution in [2.24, 2.45) is 0 Å². The molecule has 0 fully saturated rings. The molecular formula is C21H24N4O2. The van der Waals surface area contributed by atoms with E-state index in [0.29, 0.717) is 17.9 Å². The summed E-state index contributed by atoms with van der Waals surface area (Å²) in [6, 6.07) is 17.2. The summed E-state index contributed by atoms with van der Waals surface area (Å²) in [7, 11) is 1.63. The van der Waals surface area contributed by atoms with Crippen LogP contribution >= 0.6 is 0 Å². The summed E-state index contributed by atoms with van der Waals surface area (Å²) in [5.74, 6) is 0.743. The van der Waals surface area contributed by atoms with E-state index < -0.39 is 0 Å². The average Bonchev–Trinajstić information content (AvgIpc) is 3.10. The van der Waals surface area contributed by atoms with E-state index in [1.807, 2.05) is 54.6 Å². The molecule has 0 radical (unpaired) electrons. The number of rotatable bonds is 7. The molecule has 1 heterocycles. The molecule has 2 amide bonds. The molecule has 0 aliphatic rings. The average molecular weight is 364 g/mol. The minimum Gasteiger partial charge on any atom is -0.497 e. The monoisotopic (exact) mass is 364 g/mol. The van der Waals surface area contributed by atoms with Crippen molar-refractivity contribution in [1.29, 1.82) is 0 Å². The normalized spacial score (nSPS) is 10.4. The second-order valence-electron chi connectivity index (χ2n) is 6.20. The predicted octanol–water partition coefficient (Wildman–Crippen LogP) is 4.36. The van der Waals surface area contributed by atoms with E-state index in [2.05, 4.69) is 27.8 Å². The molecule has 0 aliphatic heterocycles. The number of hydrogen-bond donors (Lipinski definition) is 3. The topological polar surface area (TPSA) is 79.0 Å². The van der Waals surface area contributed by atoms with Crippen LogP contribution < -0.4 is 15.4 Å². The first kappa shape index (κ1) is 18.5. The van der Waals surface area contributed by atoms with Gasteiger partial charge in [0.15, 0.2) is 0 Å². The van der Waals surface area contributed by atoms with Gasteiger partial charge in [0.05, 0.1) is 18.5 Å². The van der Waals surface area contributed by atoms with Crippen molar-refractivity contribution in [2.45, 2.75) is 26.3 Å². The Morgan fingerprint density at radius 3 is 2.70 bits per heavy atom. The number of anilines is 1. The van der Waals surface area contributed by atoms with Gasteiger partial charge in [0, 0.05) is 12.1 Å². The van der Waals surface area contributed by atoms with Crippen LogP contribution in [0, 0.1) is 0 Å². The number of amides is 2. The van der Waals surface area contributed by atoms with Crippen LogP contribution in [0.4, 0.5) is 10.5 Å². The Morgan fingerprint density at radius 1 is 1.15 bits per heavy atom. The molecule has 3 aromatic rings. The van der Waals surface area contributed by atoms with Gasteiger partial charge in [-0.2, -0.15) is 5.10 Å². The Hall–Kier alpha value is -3.28. The molecule has 6 heteroatoms. The van der Waals surface area contributed by atoms with Gasteiger partial charge in [-0.1, -0.05) is 55.8 Å². The van der Waals surface area contributed by atoms with Gasteiger partial charge in [-0.3, -0.25) is 5.10 Å². The smallest absolute Gasteiger partial charge is 0.319 e. The maximum Gasteiger partial charge on any atom is 0.319 e. The third-order valence-corrected chi connectivity index (χ3v) is 4.22. The van der Waals surface area contributed by atoms with E-state index >= 15 is 0 Å². The highest BCUT2D eigenvalue weighted by molar-refractivity contribution is 5.94. The fourth-order valence-corrected chi connectivity index (χ4v) is 2.86. The van der Waals surface area contributed by atoms with E-state index in [9.17, 15) is 4.79 Å². The Bertz CT molecular complexity index is 890. The zero-order chi connectivity index (χ0) is 19.1. The SMILES string of the molecule is CCCc1[nH]nc(-c2cccc(OC)c2)c1NC(=O)NCc1ccccc1. The number of ether oxygens (including phenoxy) is 1.